The van der Waals surface area contributed by atoms with Crippen molar-refractivity contribution < 1.29 is 14.0 Å². The van der Waals surface area contributed by atoms with Crippen molar-refractivity contribution in [3.63, 3.8) is 0 Å². The number of nitrogens with one attached hydrogen (secondary N) is 2. The lowest BCUT2D eigenvalue weighted by molar-refractivity contribution is -0.129. The summed E-state index contributed by atoms with van der Waals surface area (Å²) in [5.74, 6) is -0.801. The smallest absolute Gasteiger partial charge is 0.238 e. The van der Waals surface area contributed by atoms with Crippen LogP contribution in [0.25, 0.3) is 0 Å². The van der Waals surface area contributed by atoms with Crippen LogP contribution in [-0.4, -0.2) is 41.9 Å². The van der Waals surface area contributed by atoms with Crippen LogP contribution >= 0.6 is 0 Å². The van der Waals surface area contributed by atoms with Gasteiger partial charge < -0.3 is 10.6 Å². The predicted molar refractivity (Wildman–Crippen MR) is 92.1 cm³/mol. The van der Waals surface area contributed by atoms with Gasteiger partial charge in [-0.1, -0.05) is 12.1 Å². The Labute approximate surface area is 142 Å². The first-order chi connectivity index (χ1) is 11.2. The van der Waals surface area contributed by atoms with Crippen LogP contribution in [0.1, 0.15) is 33.6 Å². The maximum absolute atomic E-state index is 13.6. The van der Waals surface area contributed by atoms with Crippen LogP contribution in [0.5, 0.6) is 0 Å². The van der Waals surface area contributed by atoms with Crippen molar-refractivity contribution in [1.29, 1.82) is 0 Å². The van der Waals surface area contributed by atoms with Gasteiger partial charge in [0, 0.05) is 12.1 Å². The highest BCUT2D eigenvalue weighted by Gasteiger charge is 2.28. The number of benzene rings is 1. The third kappa shape index (κ3) is 5.60. The molecule has 132 valence electrons. The van der Waals surface area contributed by atoms with Crippen molar-refractivity contribution in [2.45, 2.75) is 39.2 Å². The molecular formula is C18H26FN3O2. The first-order valence-corrected chi connectivity index (χ1v) is 8.33. The van der Waals surface area contributed by atoms with Crippen LogP contribution in [0.2, 0.25) is 0 Å². The van der Waals surface area contributed by atoms with Crippen LogP contribution in [0, 0.1) is 11.7 Å². The zero-order valence-electron chi connectivity index (χ0n) is 14.6. The van der Waals surface area contributed by atoms with Gasteiger partial charge in [-0.3, -0.25) is 14.5 Å². The Kier molecular flexibility index (Phi) is 5.94. The van der Waals surface area contributed by atoms with Crippen molar-refractivity contribution >= 4 is 17.5 Å². The minimum atomic E-state index is -0.452. The van der Waals surface area contributed by atoms with Crippen molar-refractivity contribution in [3.05, 3.63) is 30.1 Å². The van der Waals surface area contributed by atoms with Crippen LogP contribution in [0.15, 0.2) is 24.3 Å². The lowest BCUT2D eigenvalue weighted by Crippen LogP contribution is -2.49. The number of rotatable bonds is 4. The fraction of sp³-hybridized carbons (Fsp3) is 0.556. The van der Waals surface area contributed by atoms with Crippen LogP contribution in [0.3, 0.4) is 0 Å². The molecule has 0 aliphatic carbocycles. The number of carbonyl (C=O) groups excluding carboxylic acids is 2. The highest BCUT2D eigenvalue weighted by molar-refractivity contribution is 5.92. The summed E-state index contributed by atoms with van der Waals surface area (Å²) in [5, 5.41) is 5.58. The van der Waals surface area contributed by atoms with E-state index in [4.69, 9.17) is 0 Å². The summed E-state index contributed by atoms with van der Waals surface area (Å²) in [6, 6.07) is 6.09. The van der Waals surface area contributed by atoms with Gasteiger partial charge in [-0.25, -0.2) is 4.39 Å². The Bertz CT molecular complexity index is 598. The fourth-order valence-corrected chi connectivity index (χ4v) is 2.84. The summed E-state index contributed by atoms with van der Waals surface area (Å²) in [6.07, 6.45) is 1.70. The molecule has 1 aliphatic heterocycles. The predicted octanol–water partition coefficient (Wildman–Crippen LogP) is 2.39. The molecule has 6 heteroatoms. The second-order valence-corrected chi connectivity index (χ2v) is 7.34. The van der Waals surface area contributed by atoms with E-state index >= 15 is 0 Å². The van der Waals surface area contributed by atoms with E-state index in [0.717, 1.165) is 19.4 Å². The highest BCUT2D eigenvalue weighted by Crippen LogP contribution is 2.18. The SMILES string of the molecule is CC(C)(C)NC(=O)C1CCCN(CC(=O)Nc2ccccc2F)C1. The zero-order valence-corrected chi connectivity index (χ0v) is 14.6. The monoisotopic (exact) mass is 335 g/mol. The summed E-state index contributed by atoms with van der Waals surface area (Å²) in [4.78, 5) is 26.4. The second-order valence-electron chi connectivity index (χ2n) is 7.34. The van der Waals surface area contributed by atoms with Gasteiger partial charge in [-0.05, 0) is 52.3 Å². The van der Waals surface area contributed by atoms with Gasteiger partial charge in [0.05, 0.1) is 18.2 Å². The molecule has 1 unspecified atom stereocenters. The molecule has 2 rings (SSSR count). The van der Waals surface area contributed by atoms with E-state index in [1.54, 1.807) is 12.1 Å². The Balaban J connectivity index is 1.87. The number of hydrogen-bond acceptors (Lipinski definition) is 3. The lowest BCUT2D eigenvalue weighted by atomic mass is 9.95. The Morgan fingerprint density at radius 1 is 1.29 bits per heavy atom. The zero-order chi connectivity index (χ0) is 17.7. The van der Waals surface area contributed by atoms with Gasteiger partial charge >= 0.3 is 0 Å². The summed E-state index contributed by atoms with van der Waals surface area (Å²) >= 11 is 0. The quantitative estimate of drug-likeness (QED) is 0.888. The fourth-order valence-electron chi connectivity index (χ4n) is 2.84. The molecule has 0 bridgehead atoms. The molecule has 24 heavy (non-hydrogen) atoms. The third-order valence-electron chi connectivity index (χ3n) is 3.89. The number of nitrogens with zero attached hydrogens (tertiary/aromatic N) is 1. The van der Waals surface area contributed by atoms with Gasteiger partial charge in [0.2, 0.25) is 11.8 Å². The molecule has 1 atom stereocenters. The maximum atomic E-state index is 13.6. The van der Waals surface area contributed by atoms with Crippen LogP contribution in [-0.2, 0) is 9.59 Å². The van der Waals surface area contributed by atoms with Crippen molar-refractivity contribution in [1.82, 2.24) is 10.2 Å². The molecular weight excluding hydrogens is 309 g/mol. The van der Waals surface area contributed by atoms with Gasteiger partial charge in [-0.2, -0.15) is 0 Å². The topological polar surface area (TPSA) is 61.4 Å². The molecule has 1 aliphatic rings. The van der Waals surface area contributed by atoms with E-state index in [-0.39, 0.29) is 35.5 Å². The number of amides is 2. The molecule has 2 N–H and O–H groups in total. The Hall–Kier alpha value is -1.95. The Morgan fingerprint density at radius 2 is 2.00 bits per heavy atom. The molecule has 0 saturated carbocycles. The molecule has 1 saturated heterocycles. The Morgan fingerprint density at radius 3 is 2.67 bits per heavy atom. The molecule has 1 fully saturated rings. The van der Waals surface area contributed by atoms with E-state index in [1.807, 2.05) is 25.7 Å². The first-order valence-electron chi connectivity index (χ1n) is 8.33. The average molecular weight is 335 g/mol. The van der Waals surface area contributed by atoms with Gasteiger partial charge in [0.1, 0.15) is 5.82 Å². The number of likely N-dealkylation sites (tertiary alicyclic amines) is 1. The largest absolute Gasteiger partial charge is 0.351 e. The molecule has 5 nitrogen and oxygen atoms in total. The van der Waals surface area contributed by atoms with Gasteiger partial charge in [0.15, 0.2) is 0 Å². The van der Waals surface area contributed by atoms with Crippen molar-refractivity contribution in [2.24, 2.45) is 5.92 Å². The highest BCUT2D eigenvalue weighted by atomic mass is 19.1. The number of para-hydroxylation sites is 1. The van der Waals surface area contributed by atoms with Crippen LogP contribution in [0.4, 0.5) is 10.1 Å². The number of anilines is 1. The molecule has 0 spiro atoms. The molecule has 2 amide bonds. The minimum Gasteiger partial charge on any atom is -0.351 e. The maximum Gasteiger partial charge on any atom is 0.238 e. The van der Waals surface area contributed by atoms with Crippen molar-refractivity contribution in [3.8, 4) is 0 Å². The van der Waals surface area contributed by atoms with E-state index in [0.29, 0.717) is 6.54 Å². The van der Waals surface area contributed by atoms with Crippen molar-refractivity contribution in [2.75, 3.05) is 25.0 Å². The lowest BCUT2D eigenvalue weighted by Gasteiger charge is -2.33. The average Bonchev–Trinajstić information content (AvgIpc) is 2.48. The summed E-state index contributed by atoms with van der Waals surface area (Å²) in [7, 11) is 0. The molecule has 1 heterocycles. The van der Waals surface area contributed by atoms with E-state index in [1.165, 1.54) is 12.1 Å². The summed E-state index contributed by atoms with van der Waals surface area (Å²) in [6.45, 7) is 7.33. The van der Waals surface area contributed by atoms with E-state index in [9.17, 15) is 14.0 Å². The van der Waals surface area contributed by atoms with Crippen LogP contribution < -0.4 is 10.6 Å². The van der Waals surface area contributed by atoms with E-state index in [2.05, 4.69) is 10.6 Å². The minimum absolute atomic E-state index is 0.0294. The number of piperidine rings is 1. The van der Waals surface area contributed by atoms with Gasteiger partial charge in [0.25, 0.3) is 0 Å². The normalized spacial score (nSPS) is 18.9. The number of hydrogen-bond donors (Lipinski definition) is 2. The first kappa shape index (κ1) is 18.4. The number of halogens is 1. The molecule has 1 aromatic carbocycles. The molecule has 0 aromatic heterocycles. The van der Waals surface area contributed by atoms with Gasteiger partial charge in [-0.15, -0.1) is 0 Å². The number of carbonyl (C=O) groups is 2. The molecule has 1 aromatic rings. The van der Waals surface area contributed by atoms with E-state index < -0.39 is 5.82 Å². The molecule has 0 radical (unpaired) electrons. The third-order valence-corrected chi connectivity index (χ3v) is 3.89. The second kappa shape index (κ2) is 7.75. The standard InChI is InChI=1S/C18H26FN3O2/c1-18(2,3)21-17(24)13-7-6-10-22(11-13)12-16(23)20-15-9-5-4-8-14(15)19/h4-5,8-9,13H,6-7,10-12H2,1-3H3,(H,20,23)(H,21,24). The summed E-state index contributed by atoms with van der Waals surface area (Å²) in [5.41, 5.74) is -0.0804. The summed E-state index contributed by atoms with van der Waals surface area (Å²) < 4.78 is 13.6.